The van der Waals surface area contributed by atoms with Gasteiger partial charge in [0.25, 0.3) is 0 Å². The summed E-state index contributed by atoms with van der Waals surface area (Å²) in [6.07, 6.45) is 2.01. The summed E-state index contributed by atoms with van der Waals surface area (Å²) in [7, 11) is 1.58. The third kappa shape index (κ3) is 5.41. The molecule has 0 fully saturated rings. The largest absolute Gasteiger partial charge is 0.467 e. The van der Waals surface area contributed by atoms with Crippen molar-refractivity contribution >= 4 is 6.03 Å². The highest BCUT2D eigenvalue weighted by Crippen LogP contribution is 2.07. The molecule has 1 aromatic carbocycles. The molecule has 1 aromatic heterocycles. The molecule has 0 bridgehead atoms. The van der Waals surface area contributed by atoms with E-state index in [1.807, 2.05) is 6.07 Å². The minimum atomic E-state index is -0.256. The van der Waals surface area contributed by atoms with Crippen molar-refractivity contribution in [3.05, 3.63) is 59.8 Å². The molecule has 0 atom stereocenters. The quantitative estimate of drug-likeness (QED) is 0.814. The molecule has 2 rings (SSSR count). The van der Waals surface area contributed by atoms with Crippen molar-refractivity contribution in [2.45, 2.75) is 13.0 Å². The minimum Gasteiger partial charge on any atom is -0.467 e. The molecule has 5 nitrogen and oxygen atoms in total. The summed E-state index contributed by atoms with van der Waals surface area (Å²) in [5.74, 6) is 0.443. The van der Waals surface area contributed by atoms with Crippen molar-refractivity contribution in [2.75, 3.05) is 26.8 Å². The predicted molar refractivity (Wildman–Crippen MR) is 84.5 cm³/mol. The Hall–Kier alpha value is -2.34. The Bertz CT molecular complexity index is 602. The highest BCUT2D eigenvalue weighted by atomic mass is 19.1. The van der Waals surface area contributed by atoms with E-state index in [0.717, 1.165) is 0 Å². The van der Waals surface area contributed by atoms with Gasteiger partial charge in [0.2, 0.25) is 0 Å². The van der Waals surface area contributed by atoms with Crippen molar-refractivity contribution in [3.8, 4) is 0 Å². The molecule has 2 aromatic rings. The fourth-order valence-corrected chi connectivity index (χ4v) is 2.16. The molecule has 0 aliphatic rings. The molecular formula is C17H21FN2O3. The maximum Gasteiger partial charge on any atom is 0.317 e. The fourth-order valence-electron chi connectivity index (χ4n) is 2.16. The maximum absolute atomic E-state index is 13.5. The number of amides is 2. The molecule has 1 heterocycles. The third-order valence-electron chi connectivity index (χ3n) is 3.41. The van der Waals surface area contributed by atoms with Gasteiger partial charge in [0.15, 0.2) is 0 Å². The van der Waals surface area contributed by atoms with E-state index in [1.54, 1.807) is 42.5 Å². The summed E-state index contributed by atoms with van der Waals surface area (Å²) in [6.45, 7) is 1.60. The first kappa shape index (κ1) is 17.0. The Morgan fingerprint density at radius 2 is 2.13 bits per heavy atom. The molecule has 0 unspecified atom stereocenters. The monoisotopic (exact) mass is 320 g/mol. The van der Waals surface area contributed by atoms with Gasteiger partial charge in [0.05, 0.1) is 19.4 Å². The fraction of sp³-hybridized carbons (Fsp3) is 0.353. The molecule has 0 saturated carbocycles. The van der Waals surface area contributed by atoms with E-state index in [0.29, 0.717) is 44.0 Å². The number of ether oxygens (including phenoxy) is 1. The Kier molecular flexibility index (Phi) is 6.62. The zero-order chi connectivity index (χ0) is 16.5. The second-order valence-electron chi connectivity index (χ2n) is 5.07. The van der Waals surface area contributed by atoms with E-state index in [1.165, 1.54) is 6.07 Å². The molecular weight excluding hydrogens is 299 g/mol. The average Bonchev–Trinajstić information content (AvgIpc) is 3.06. The van der Waals surface area contributed by atoms with Crippen molar-refractivity contribution < 1.29 is 18.3 Å². The van der Waals surface area contributed by atoms with Gasteiger partial charge in [0.1, 0.15) is 11.6 Å². The van der Waals surface area contributed by atoms with Crippen LogP contribution in [0.2, 0.25) is 0 Å². The number of furan rings is 1. The average molecular weight is 320 g/mol. The van der Waals surface area contributed by atoms with Crippen molar-refractivity contribution in [2.24, 2.45) is 0 Å². The molecule has 6 heteroatoms. The maximum atomic E-state index is 13.5. The van der Waals surface area contributed by atoms with E-state index in [4.69, 9.17) is 9.15 Å². The predicted octanol–water partition coefficient (Wildman–Crippen LogP) is 2.82. The van der Waals surface area contributed by atoms with Crippen LogP contribution < -0.4 is 5.32 Å². The van der Waals surface area contributed by atoms with Crippen molar-refractivity contribution in [1.82, 2.24) is 10.2 Å². The normalized spacial score (nSPS) is 10.5. The van der Waals surface area contributed by atoms with Crippen LogP contribution in [0.4, 0.5) is 9.18 Å². The van der Waals surface area contributed by atoms with Gasteiger partial charge in [-0.3, -0.25) is 0 Å². The Labute approximate surface area is 135 Å². The highest BCUT2D eigenvalue weighted by molar-refractivity contribution is 5.74. The first-order valence-electron chi connectivity index (χ1n) is 7.48. The number of benzene rings is 1. The van der Waals surface area contributed by atoms with Crippen LogP contribution in [0.25, 0.3) is 0 Å². The lowest BCUT2D eigenvalue weighted by molar-refractivity contribution is 0.143. The van der Waals surface area contributed by atoms with E-state index >= 15 is 0 Å². The lowest BCUT2D eigenvalue weighted by Crippen LogP contribution is -2.41. The Balaban J connectivity index is 1.85. The third-order valence-corrected chi connectivity index (χ3v) is 3.41. The number of hydrogen-bond acceptors (Lipinski definition) is 3. The zero-order valence-corrected chi connectivity index (χ0v) is 13.1. The highest BCUT2D eigenvalue weighted by Gasteiger charge is 2.14. The standard InChI is InChI=1S/C17H21FN2O3/c1-22-12-10-20(13-15-6-4-11-23-15)17(21)19-9-8-14-5-2-3-7-16(14)18/h2-7,11H,8-10,12-13H2,1H3,(H,19,21). The number of nitrogens with zero attached hydrogens (tertiary/aromatic N) is 1. The summed E-state index contributed by atoms with van der Waals surface area (Å²) in [4.78, 5) is 13.9. The SMILES string of the molecule is COCCN(Cc1ccco1)C(=O)NCCc1ccccc1F. The lowest BCUT2D eigenvalue weighted by atomic mass is 10.1. The first-order chi connectivity index (χ1) is 11.2. The van der Waals surface area contributed by atoms with Gasteiger partial charge in [0, 0.05) is 20.2 Å². The second kappa shape index (κ2) is 8.95. The molecule has 124 valence electrons. The molecule has 0 aliphatic heterocycles. The van der Waals surface area contributed by atoms with Crippen LogP contribution >= 0.6 is 0 Å². The number of hydrogen-bond donors (Lipinski definition) is 1. The Morgan fingerprint density at radius 1 is 1.30 bits per heavy atom. The number of rotatable bonds is 8. The number of methoxy groups -OCH3 is 1. The summed E-state index contributed by atoms with van der Waals surface area (Å²) < 4.78 is 23.8. The van der Waals surface area contributed by atoms with Gasteiger partial charge in [-0.15, -0.1) is 0 Å². The van der Waals surface area contributed by atoms with Gasteiger partial charge in [-0.2, -0.15) is 0 Å². The van der Waals surface area contributed by atoms with E-state index in [-0.39, 0.29) is 11.8 Å². The van der Waals surface area contributed by atoms with E-state index in [9.17, 15) is 9.18 Å². The summed E-state index contributed by atoms with van der Waals surface area (Å²) >= 11 is 0. The first-order valence-corrected chi connectivity index (χ1v) is 7.48. The number of urea groups is 1. The summed E-state index contributed by atoms with van der Waals surface area (Å²) in [6, 6.07) is 9.92. The second-order valence-corrected chi connectivity index (χ2v) is 5.07. The molecule has 0 saturated heterocycles. The summed E-state index contributed by atoms with van der Waals surface area (Å²) in [5.41, 5.74) is 0.585. The lowest BCUT2D eigenvalue weighted by Gasteiger charge is -2.21. The van der Waals surface area contributed by atoms with E-state index < -0.39 is 0 Å². The van der Waals surface area contributed by atoms with Crippen molar-refractivity contribution in [3.63, 3.8) is 0 Å². The van der Waals surface area contributed by atoms with Crippen LogP contribution in [0.1, 0.15) is 11.3 Å². The van der Waals surface area contributed by atoms with Crippen molar-refractivity contribution in [1.29, 1.82) is 0 Å². The van der Waals surface area contributed by atoms with Gasteiger partial charge in [-0.1, -0.05) is 18.2 Å². The molecule has 0 radical (unpaired) electrons. The van der Waals surface area contributed by atoms with Crippen LogP contribution in [0.5, 0.6) is 0 Å². The molecule has 1 N–H and O–H groups in total. The number of nitrogens with one attached hydrogen (secondary N) is 1. The van der Waals surface area contributed by atoms with Gasteiger partial charge in [-0.05, 0) is 30.2 Å². The Morgan fingerprint density at radius 3 is 2.83 bits per heavy atom. The minimum absolute atomic E-state index is 0.227. The van der Waals surface area contributed by atoms with Crippen LogP contribution in [-0.2, 0) is 17.7 Å². The molecule has 23 heavy (non-hydrogen) atoms. The number of carbonyl (C=O) groups excluding carboxylic acids is 1. The van der Waals surface area contributed by atoms with E-state index in [2.05, 4.69) is 5.32 Å². The molecule has 0 spiro atoms. The van der Waals surface area contributed by atoms with Gasteiger partial charge >= 0.3 is 6.03 Å². The van der Waals surface area contributed by atoms with Gasteiger partial charge in [-0.25, -0.2) is 9.18 Å². The molecule has 2 amide bonds. The smallest absolute Gasteiger partial charge is 0.317 e. The summed E-state index contributed by atoms with van der Waals surface area (Å²) in [5, 5.41) is 2.80. The van der Waals surface area contributed by atoms with Crippen LogP contribution in [-0.4, -0.2) is 37.7 Å². The van der Waals surface area contributed by atoms with Gasteiger partial charge < -0.3 is 19.4 Å². The van der Waals surface area contributed by atoms with Crippen LogP contribution in [0.15, 0.2) is 47.1 Å². The number of carbonyl (C=O) groups is 1. The van der Waals surface area contributed by atoms with Crippen LogP contribution in [0, 0.1) is 5.82 Å². The number of halogens is 1. The van der Waals surface area contributed by atoms with Crippen LogP contribution in [0.3, 0.4) is 0 Å². The molecule has 0 aliphatic carbocycles. The topological polar surface area (TPSA) is 54.7 Å². The zero-order valence-electron chi connectivity index (χ0n) is 13.1.